The molecule has 0 amide bonds. The molecule has 1 heterocycles. The van der Waals surface area contributed by atoms with Crippen LogP contribution in [0.4, 0.5) is 0 Å². The second kappa shape index (κ2) is 5.98. The Bertz CT molecular complexity index is 847. The van der Waals surface area contributed by atoms with Gasteiger partial charge in [0.1, 0.15) is 11.6 Å². The predicted molar refractivity (Wildman–Crippen MR) is 82.5 cm³/mol. The minimum Gasteiger partial charge on any atom is -0.542 e. The Kier molecular flexibility index (Phi) is 4.16. The van der Waals surface area contributed by atoms with Crippen molar-refractivity contribution in [2.24, 2.45) is 0 Å². The Morgan fingerprint density at radius 2 is 1.96 bits per heavy atom. The molecular weight excluding hydrogens is 318 g/mol. The Morgan fingerprint density at radius 1 is 1.26 bits per heavy atom. The number of rotatable bonds is 4. The van der Waals surface area contributed by atoms with E-state index in [1.807, 2.05) is 0 Å². The van der Waals surface area contributed by atoms with Crippen LogP contribution in [-0.4, -0.2) is 20.4 Å². The fourth-order valence-corrected chi connectivity index (χ4v) is 4.40. The zero-order valence-electron chi connectivity index (χ0n) is 12.8. The molecule has 1 N–H and O–H groups in total. The normalized spacial score (nSPS) is 16.7. The van der Waals surface area contributed by atoms with E-state index in [4.69, 9.17) is 4.42 Å². The van der Waals surface area contributed by atoms with Crippen LogP contribution < -0.4 is 9.83 Å². The molecule has 0 unspecified atom stereocenters. The fourth-order valence-electron chi connectivity index (χ4n) is 3.07. The molecule has 0 spiro atoms. The number of carbonyl (C=O) groups is 1. The van der Waals surface area contributed by atoms with E-state index in [0.29, 0.717) is 16.5 Å². The number of furan rings is 1. The summed E-state index contributed by atoms with van der Waals surface area (Å²) >= 11 is 0. The third-order valence-electron chi connectivity index (χ3n) is 4.33. The summed E-state index contributed by atoms with van der Waals surface area (Å²) in [5.41, 5.74) is 0.702. The molecule has 1 saturated carbocycles. The topological polar surface area (TPSA) is 99.4 Å². The lowest BCUT2D eigenvalue weighted by Gasteiger charge is -2.22. The standard InChI is InChI=1S/C16H19NO5S/c1-10-13-9-12(7-8-14(13)22-15(10)16(18)19)23(20,21)17-11-5-3-2-4-6-11/h7-9,11,17H,2-6H2,1H3,(H,18,19)/p-1. The first-order valence-corrected chi connectivity index (χ1v) is 9.13. The van der Waals surface area contributed by atoms with Crippen molar-refractivity contribution in [1.82, 2.24) is 4.72 Å². The summed E-state index contributed by atoms with van der Waals surface area (Å²) in [6.45, 7) is 1.57. The molecule has 3 rings (SSSR count). The number of hydrogen-bond acceptors (Lipinski definition) is 5. The van der Waals surface area contributed by atoms with Crippen LogP contribution in [0.2, 0.25) is 0 Å². The van der Waals surface area contributed by atoms with E-state index >= 15 is 0 Å². The van der Waals surface area contributed by atoms with Gasteiger partial charge < -0.3 is 14.3 Å². The van der Waals surface area contributed by atoms with E-state index in [-0.39, 0.29) is 16.7 Å². The smallest absolute Gasteiger partial charge is 0.240 e. The van der Waals surface area contributed by atoms with Crippen molar-refractivity contribution in [3.05, 3.63) is 29.5 Å². The molecule has 2 aromatic rings. The minimum atomic E-state index is -3.63. The van der Waals surface area contributed by atoms with Gasteiger partial charge in [-0.15, -0.1) is 0 Å². The summed E-state index contributed by atoms with van der Waals surface area (Å²) in [5.74, 6) is -1.68. The molecule has 1 aliphatic rings. The highest BCUT2D eigenvalue weighted by Gasteiger charge is 2.23. The molecular formula is C16H18NO5S-. The third kappa shape index (κ3) is 3.11. The van der Waals surface area contributed by atoms with Crippen LogP contribution >= 0.6 is 0 Å². The molecule has 0 saturated heterocycles. The maximum Gasteiger partial charge on any atom is 0.240 e. The lowest BCUT2D eigenvalue weighted by Crippen LogP contribution is -2.36. The summed E-state index contributed by atoms with van der Waals surface area (Å²) in [4.78, 5) is 11.1. The Hall–Kier alpha value is -1.86. The van der Waals surface area contributed by atoms with Crippen LogP contribution in [0.15, 0.2) is 27.5 Å². The largest absolute Gasteiger partial charge is 0.542 e. The number of hydrogen-bond donors (Lipinski definition) is 1. The van der Waals surface area contributed by atoms with E-state index in [2.05, 4.69) is 4.72 Å². The number of aromatic carboxylic acids is 1. The molecule has 7 heteroatoms. The van der Waals surface area contributed by atoms with Crippen molar-refractivity contribution >= 4 is 27.0 Å². The van der Waals surface area contributed by atoms with Gasteiger partial charge >= 0.3 is 0 Å². The maximum absolute atomic E-state index is 12.5. The number of carboxylic acid groups (broad SMARTS) is 1. The Morgan fingerprint density at radius 3 is 2.61 bits per heavy atom. The average Bonchev–Trinajstić information content (AvgIpc) is 2.85. The van der Waals surface area contributed by atoms with Crippen LogP contribution in [0.25, 0.3) is 11.0 Å². The molecule has 0 atom stereocenters. The molecule has 1 aromatic carbocycles. The van der Waals surface area contributed by atoms with E-state index in [9.17, 15) is 18.3 Å². The summed E-state index contributed by atoms with van der Waals surface area (Å²) in [7, 11) is -3.63. The third-order valence-corrected chi connectivity index (χ3v) is 5.85. The van der Waals surface area contributed by atoms with Gasteiger partial charge in [-0.2, -0.15) is 0 Å². The number of aryl methyl sites for hydroxylation is 1. The monoisotopic (exact) mass is 336 g/mol. The number of sulfonamides is 1. The molecule has 0 bridgehead atoms. The number of carboxylic acids is 1. The lowest BCUT2D eigenvalue weighted by molar-refractivity contribution is -0.257. The first-order chi connectivity index (χ1) is 10.9. The number of fused-ring (bicyclic) bond motifs is 1. The van der Waals surface area contributed by atoms with Gasteiger partial charge in [0.05, 0.1) is 4.90 Å². The van der Waals surface area contributed by atoms with Gasteiger partial charge in [0.15, 0.2) is 5.76 Å². The number of nitrogens with one attached hydrogen (secondary N) is 1. The molecule has 0 radical (unpaired) electrons. The highest BCUT2D eigenvalue weighted by molar-refractivity contribution is 7.89. The molecule has 6 nitrogen and oxygen atoms in total. The molecule has 124 valence electrons. The highest BCUT2D eigenvalue weighted by atomic mass is 32.2. The summed E-state index contributed by atoms with van der Waals surface area (Å²) < 4.78 is 33.0. The van der Waals surface area contributed by atoms with Gasteiger partial charge in [-0.3, -0.25) is 0 Å². The van der Waals surface area contributed by atoms with Gasteiger partial charge in [-0.05, 0) is 38.0 Å². The first kappa shape index (κ1) is 16.0. The lowest BCUT2D eigenvalue weighted by atomic mass is 9.96. The van der Waals surface area contributed by atoms with Crippen molar-refractivity contribution in [3.8, 4) is 0 Å². The Labute approximate surface area is 134 Å². The van der Waals surface area contributed by atoms with E-state index in [1.165, 1.54) is 18.2 Å². The molecule has 1 fully saturated rings. The van der Waals surface area contributed by atoms with Crippen LogP contribution in [0, 0.1) is 6.92 Å². The second-order valence-corrected chi connectivity index (χ2v) is 7.67. The SMILES string of the molecule is Cc1c(C(=O)[O-])oc2ccc(S(=O)(=O)NC3CCCCC3)cc12. The van der Waals surface area contributed by atoms with Crippen molar-refractivity contribution in [2.75, 3.05) is 0 Å². The van der Waals surface area contributed by atoms with Crippen LogP contribution in [0.3, 0.4) is 0 Å². The van der Waals surface area contributed by atoms with Crippen molar-refractivity contribution < 1.29 is 22.7 Å². The van der Waals surface area contributed by atoms with Crippen LogP contribution in [0.1, 0.15) is 48.2 Å². The highest BCUT2D eigenvalue weighted by Crippen LogP contribution is 2.28. The van der Waals surface area contributed by atoms with Gasteiger partial charge in [0.25, 0.3) is 0 Å². The second-order valence-electron chi connectivity index (χ2n) is 5.96. The van der Waals surface area contributed by atoms with Gasteiger partial charge in [-0.25, -0.2) is 13.1 Å². The van der Waals surface area contributed by atoms with E-state index < -0.39 is 16.0 Å². The summed E-state index contributed by atoms with van der Waals surface area (Å²) in [6, 6.07) is 4.32. The quantitative estimate of drug-likeness (QED) is 0.916. The molecule has 23 heavy (non-hydrogen) atoms. The molecule has 1 aliphatic carbocycles. The number of benzene rings is 1. The van der Waals surface area contributed by atoms with Gasteiger partial charge in [0, 0.05) is 17.0 Å². The zero-order chi connectivity index (χ0) is 16.6. The maximum atomic E-state index is 12.5. The van der Waals surface area contributed by atoms with Crippen LogP contribution in [0.5, 0.6) is 0 Å². The van der Waals surface area contributed by atoms with Gasteiger partial charge in [0.2, 0.25) is 10.0 Å². The zero-order valence-corrected chi connectivity index (χ0v) is 13.6. The van der Waals surface area contributed by atoms with E-state index in [0.717, 1.165) is 32.1 Å². The molecule has 1 aromatic heterocycles. The van der Waals surface area contributed by atoms with E-state index in [1.54, 1.807) is 6.92 Å². The van der Waals surface area contributed by atoms with Crippen molar-refractivity contribution in [2.45, 2.75) is 50.0 Å². The average molecular weight is 336 g/mol. The van der Waals surface area contributed by atoms with Gasteiger partial charge in [-0.1, -0.05) is 19.3 Å². The molecule has 0 aliphatic heterocycles. The summed E-state index contributed by atoms with van der Waals surface area (Å²) in [6.07, 6.45) is 4.90. The van der Waals surface area contributed by atoms with Crippen LogP contribution in [-0.2, 0) is 10.0 Å². The number of carbonyl (C=O) groups excluding carboxylic acids is 1. The predicted octanol–water partition coefficient (Wildman–Crippen LogP) is 1.72. The fraction of sp³-hybridized carbons (Fsp3) is 0.438. The van der Waals surface area contributed by atoms with Crippen molar-refractivity contribution in [1.29, 1.82) is 0 Å². The summed E-state index contributed by atoms with van der Waals surface area (Å²) in [5, 5.41) is 11.5. The van der Waals surface area contributed by atoms with Crippen molar-refractivity contribution in [3.63, 3.8) is 0 Å². The first-order valence-electron chi connectivity index (χ1n) is 7.65. The minimum absolute atomic E-state index is 0.0336. The Balaban J connectivity index is 1.95.